The Morgan fingerprint density at radius 1 is 0.627 bits per heavy atom. The first-order valence-electron chi connectivity index (χ1n) is 18.2. The van der Waals surface area contributed by atoms with E-state index in [1.165, 1.54) is 56.1 Å². The summed E-state index contributed by atoms with van der Waals surface area (Å²) in [7, 11) is 0. The van der Waals surface area contributed by atoms with Crippen molar-refractivity contribution >= 4 is 11.9 Å². The summed E-state index contributed by atoms with van der Waals surface area (Å²) in [6.45, 7) is 11.0. The lowest BCUT2D eigenvalue weighted by molar-refractivity contribution is -0.130. The number of esters is 2. The molecule has 6 nitrogen and oxygen atoms in total. The largest absolute Gasteiger partial charge is 0.457 e. The minimum Gasteiger partial charge on any atom is -0.457 e. The molecule has 0 N–H and O–H groups in total. The molecule has 0 aromatic heterocycles. The van der Waals surface area contributed by atoms with Crippen molar-refractivity contribution in [2.75, 3.05) is 0 Å². The van der Waals surface area contributed by atoms with Crippen molar-refractivity contribution < 1.29 is 28.5 Å². The number of ether oxygens (including phenoxy) is 4. The highest BCUT2D eigenvalue weighted by Crippen LogP contribution is 2.51. The first-order valence-corrected chi connectivity index (χ1v) is 18.2. The molecular formula is C45H48O6. The monoisotopic (exact) mass is 684 g/mol. The molecule has 0 heterocycles. The van der Waals surface area contributed by atoms with Crippen LogP contribution < -0.4 is 18.9 Å². The van der Waals surface area contributed by atoms with E-state index in [2.05, 4.69) is 68.6 Å². The lowest BCUT2D eigenvalue weighted by Crippen LogP contribution is -2.35. The van der Waals surface area contributed by atoms with Crippen LogP contribution in [0.25, 0.3) is 0 Å². The lowest BCUT2D eigenvalue weighted by atomic mass is 9.60. The Morgan fingerprint density at radius 2 is 1.02 bits per heavy atom. The third-order valence-corrected chi connectivity index (χ3v) is 10.9. The maximum atomic E-state index is 11.9. The Labute approximate surface area is 302 Å². The Morgan fingerprint density at radius 3 is 1.43 bits per heavy atom. The van der Waals surface area contributed by atoms with Crippen molar-refractivity contribution in [3.63, 3.8) is 0 Å². The van der Waals surface area contributed by atoms with Gasteiger partial charge < -0.3 is 18.9 Å². The zero-order valence-electron chi connectivity index (χ0n) is 29.8. The van der Waals surface area contributed by atoms with Crippen molar-refractivity contribution in [3.05, 3.63) is 133 Å². The maximum Gasteiger partial charge on any atom is 0.338 e. The molecule has 2 fully saturated rings. The van der Waals surface area contributed by atoms with Gasteiger partial charge in [-0.25, -0.2) is 9.59 Å². The van der Waals surface area contributed by atoms with E-state index in [4.69, 9.17) is 18.9 Å². The van der Waals surface area contributed by atoms with E-state index in [1.807, 2.05) is 0 Å². The van der Waals surface area contributed by atoms with Gasteiger partial charge in [-0.2, -0.15) is 0 Å². The number of carbonyl (C=O) groups is 2. The van der Waals surface area contributed by atoms with Crippen molar-refractivity contribution in [3.8, 4) is 34.5 Å². The van der Waals surface area contributed by atoms with Gasteiger partial charge in [0.25, 0.3) is 0 Å². The molecule has 0 atom stereocenters. The smallest absolute Gasteiger partial charge is 0.338 e. The molecule has 0 saturated heterocycles. The Bertz CT molecular complexity index is 1790. The topological polar surface area (TPSA) is 71.1 Å². The van der Waals surface area contributed by atoms with E-state index in [-0.39, 0.29) is 5.41 Å². The summed E-state index contributed by atoms with van der Waals surface area (Å²) in [5.41, 5.74) is 2.83. The highest BCUT2D eigenvalue weighted by atomic mass is 16.5. The van der Waals surface area contributed by atoms with Gasteiger partial charge in [-0.3, -0.25) is 0 Å². The van der Waals surface area contributed by atoms with Crippen LogP contribution >= 0.6 is 0 Å². The fourth-order valence-corrected chi connectivity index (χ4v) is 7.88. The minimum absolute atomic E-state index is 0.111. The second kappa shape index (κ2) is 16.3. The SMILES string of the molecule is C=CC(=O)Oc1ccc(Oc2ccc(C3(c4ccc(Oc5ccc(OC(=O)C(=C)C)cc5)cc4)CCC(C4CCC(CC)CC4)CC3)cc2)cc1. The Hall–Kier alpha value is -5.10. The summed E-state index contributed by atoms with van der Waals surface area (Å²) >= 11 is 0. The minimum atomic E-state index is -0.497. The van der Waals surface area contributed by atoms with E-state index in [1.54, 1.807) is 55.5 Å². The van der Waals surface area contributed by atoms with Crippen LogP contribution in [0, 0.1) is 17.8 Å². The summed E-state index contributed by atoms with van der Waals surface area (Å²) in [5.74, 6) is 5.29. The summed E-state index contributed by atoms with van der Waals surface area (Å²) < 4.78 is 22.8. The second-order valence-electron chi connectivity index (χ2n) is 14.1. The molecule has 0 spiro atoms. The highest BCUT2D eigenvalue weighted by molar-refractivity contribution is 5.88. The van der Waals surface area contributed by atoms with Crippen molar-refractivity contribution in [1.82, 2.24) is 0 Å². The molecule has 2 aliphatic rings. The van der Waals surface area contributed by atoms with Gasteiger partial charge in [-0.15, -0.1) is 0 Å². The Kier molecular flexibility index (Phi) is 11.4. The molecule has 4 aromatic carbocycles. The van der Waals surface area contributed by atoms with Gasteiger partial charge in [0.1, 0.15) is 34.5 Å². The van der Waals surface area contributed by atoms with Crippen LogP contribution in [0.1, 0.15) is 82.8 Å². The van der Waals surface area contributed by atoms with E-state index < -0.39 is 11.9 Å². The van der Waals surface area contributed by atoms with E-state index in [0.29, 0.717) is 28.6 Å². The van der Waals surface area contributed by atoms with Crippen LogP contribution in [-0.2, 0) is 15.0 Å². The highest BCUT2D eigenvalue weighted by Gasteiger charge is 2.41. The molecule has 264 valence electrons. The van der Waals surface area contributed by atoms with Gasteiger partial charge >= 0.3 is 11.9 Å². The molecule has 0 radical (unpaired) electrons. The Balaban J connectivity index is 1.18. The first-order chi connectivity index (χ1) is 24.7. The van der Waals surface area contributed by atoms with Crippen LogP contribution in [0.15, 0.2) is 122 Å². The molecule has 0 unspecified atom stereocenters. The maximum absolute atomic E-state index is 11.9. The zero-order chi connectivity index (χ0) is 35.8. The molecule has 4 aromatic rings. The van der Waals surface area contributed by atoms with Gasteiger partial charge in [-0.05, 0) is 147 Å². The molecule has 51 heavy (non-hydrogen) atoms. The molecule has 0 amide bonds. The standard InChI is InChI=1S/C45H48O6/c1-5-32-7-9-33(10-8-32)34-27-29-45(30-28-34,35-11-15-37(16-12-35)48-39-19-23-41(24-20-39)50-43(46)6-2)36-13-17-38(18-14-36)49-40-21-25-42(26-22-40)51-44(47)31(3)4/h6,11-26,32-34H,2-3,5,7-10,27-30H2,1,4H3. The average molecular weight is 685 g/mol. The average Bonchev–Trinajstić information content (AvgIpc) is 3.17. The van der Waals surface area contributed by atoms with Gasteiger partial charge in [0, 0.05) is 17.1 Å². The molecular weight excluding hydrogens is 636 g/mol. The molecule has 6 rings (SSSR count). The van der Waals surface area contributed by atoms with Crippen molar-refractivity contribution in [1.29, 1.82) is 0 Å². The van der Waals surface area contributed by atoms with Gasteiger partial charge in [0.05, 0.1) is 0 Å². The normalized spacial score (nSPS) is 21.6. The summed E-state index contributed by atoms with van der Waals surface area (Å²) in [6.07, 6.45) is 12.6. The van der Waals surface area contributed by atoms with Gasteiger partial charge in [-0.1, -0.05) is 63.6 Å². The number of rotatable bonds is 12. The molecule has 0 bridgehead atoms. The van der Waals surface area contributed by atoms with E-state index >= 15 is 0 Å². The number of benzene rings is 4. The predicted molar refractivity (Wildman–Crippen MR) is 201 cm³/mol. The summed E-state index contributed by atoms with van der Waals surface area (Å²) in [4.78, 5) is 23.4. The third kappa shape index (κ3) is 8.80. The molecule has 6 heteroatoms. The van der Waals surface area contributed by atoms with E-state index in [0.717, 1.165) is 48.2 Å². The lowest BCUT2D eigenvalue weighted by Gasteiger charge is -2.44. The fraction of sp³-hybridized carbons (Fsp3) is 0.333. The molecule has 0 aliphatic heterocycles. The second-order valence-corrected chi connectivity index (χ2v) is 14.1. The zero-order valence-corrected chi connectivity index (χ0v) is 29.8. The molecule has 2 saturated carbocycles. The summed E-state index contributed by atoms with van der Waals surface area (Å²) in [6, 6.07) is 31.1. The number of carbonyl (C=O) groups excluding carboxylic acids is 2. The number of hydrogen-bond acceptors (Lipinski definition) is 6. The third-order valence-electron chi connectivity index (χ3n) is 10.9. The van der Waals surface area contributed by atoms with Crippen LogP contribution in [0.4, 0.5) is 0 Å². The first kappa shape index (κ1) is 35.7. The predicted octanol–water partition coefficient (Wildman–Crippen LogP) is 11.5. The van der Waals surface area contributed by atoms with Crippen molar-refractivity contribution in [2.24, 2.45) is 17.8 Å². The summed E-state index contributed by atoms with van der Waals surface area (Å²) in [5, 5.41) is 0. The van der Waals surface area contributed by atoms with Gasteiger partial charge in [0.2, 0.25) is 0 Å². The fourth-order valence-electron chi connectivity index (χ4n) is 7.88. The van der Waals surface area contributed by atoms with Crippen LogP contribution in [0.3, 0.4) is 0 Å². The van der Waals surface area contributed by atoms with Crippen LogP contribution in [0.5, 0.6) is 34.5 Å². The van der Waals surface area contributed by atoms with Crippen LogP contribution in [0.2, 0.25) is 0 Å². The molecule has 2 aliphatic carbocycles. The van der Waals surface area contributed by atoms with E-state index in [9.17, 15) is 9.59 Å². The van der Waals surface area contributed by atoms with Crippen molar-refractivity contribution in [2.45, 2.75) is 77.0 Å². The number of hydrogen-bond donors (Lipinski definition) is 0. The quantitative estimate of drug-likeness (QED) is 0.0840. The van der Waals surface area contributed by atoms with Gasteiger partial charge in [0.15, 0.2) is 0 Å². The van der Waals surface area contributed by atoms with Crippen LogP contribution in [-0.4, -0.2) is 11.9 Å².